The molecule has 0 bridgehead atoms. The molecule has 4 aromatic rings. The van der Waals surface area contributed by atoms with Crippen molar-refractivity contribution in [2.45, 2.75) is 36.6 Å². The maximum Gasteiger partial charge on any atom is 0.294 e. The number of benzene rings is 3. The van der Waals surface area contributed by atoms with E-state index in [0.717, 1.165) is 61.1 Å². The number of aromatic nitrogens is 1. The number of non-ortho nitro benzene ring substituents is 1. The molecule has 0 unspecified atom stereocenters. The molecule has 0 radical (unpaired) electrons. The van der Waals surface area contributed by atoms with Gasteiger partial charge in [0.1, 0.15) is 6.54 Å². The molecule has 222 valence electrons. The first-order valence-electron chi connectivity index (χ1n) is 14.0. The normalized spacial score (nSPS) is 15.6. The first-order valence-corrected chi connectivity index (χ1v) is 15.6. The lowest BCUT2D eigenvalue weighted by molar-refractivity contribution is -0.384. The van der Waals surface area contributed by atoms with Gasteiger partial charge < -0.3 is 9.47 Å². The zero-order valence-electron chi connectivity index (χ0n) is 24.1. The Labute approximate surface area is 262 Å². The summed E-state index contributed by atoms with van der Waals surface area (Å²) in [7, 11) is 0. The van der Waals surface area contributed by atoms with Crippen molar-refractivity contribution in [3.8, 4) is 5.69 Å². The minimum Gasteiger partial charge on any atom is -0.336 e. The zero-order chi connectivity index (χ0) is 31.0. The molecule has 1 aromatic heterocycles. The molecule has 1 fully saturated rings. The number of carbonyl (C=O) groups is 3. The van der Waals surface area contributed by atoms with Gasteiger partial charge in [-0.2, -0.15) is 0 Å². The second kappa shape index (κ2) is 12.2. The van der Waals surface area contributed by atoms with Crippen molar-refractivity contribution < 1.29 is 19.3 Å². The summed E-state index contributed by atoms with van der Waals surface area (Å²) in [5, 5.41) is 10.5. The van der Waals surface area contributed by atoms with Crippen molar-refractivity contribution in [1.82, 2.24) is 14.4 Å². The van der Waals surface area contributed by atoms with Gasteiger partial charge >= 0.3 is 0 Å². The number of nitrogens with zero attached hydrogens (tertiary/aromatic N) is 4. The molecule has 0 aliphatic carbocycles. The number of thioether (sulfide) groups is 1. The van der Waals surface area contributed by atoms with Crippen molar-refractivity contribution >= 4 is 52.3 Å². The predicted octanol–water partition coefficient (Wildman–Crippen LogP) is 6.77. The molecular weight excluding hydrogens is 597 g/mol. The molecule has 2 aliphatic rings. The number of aryl methyl sites for hydroxylation is 1. The Morgan fingerprint density at radius 1 is 0.977 bits per heavy atom. The number of nitro benzene ring substituents is 1. The molecule has 0 saturated carbocycles. The number of nitro groups is 1. The largest absolute Gasteiger partial charge is 0.336 e. The van der Waals surface area contributed by atoms with Crippen LogP contribution in [0.25, 0.3) is 11.8 Å². The molecule has 11 heteroatoms. The van der Waals surface area contributed by atoms with Crippen LogP contribution in [0.4, 0.5) is 10.5 Å². The number of fused-ring (bicyclic) bond motifs is 1. The Hall–Kier alpha value is -4.61. The molecule has 6 rings (SSSR count). The highest BCUT2D eigenvalue weighted by Crippen LogP contribution is 2.35. The van der Waals surface area contributed by atoms with E-state index in [2.05, 4.69) is 10.6 Å². The Morgan fingerprint density at radius 2 is 1.64 bits per heavy atom. The van der Waals surface area contributed by atoms with Crippen LogP contribution in [-0.4, -0.2) is 49.4 Å². The minimum atomic E-state index is -0.455. The Bertz CT molecular complexity index is 1830. The number of rotatable bonds is 7. The smallest absolute Gasteiger partial charge is 0.294 e. The summed E-state index contributed by atoms with van der Waals surface area (Å²) in [6, 6.07) is 24.4. The molecule has 2 aliphatic heterocycles. The standard InChI is InChI=1S/C33H28N4O5S2/c1-21-17-25(22(2)36(21)26-7-11-28(12-8-26)43-29-13-9-27(10-14-29)37(41)42)18-30-32(39)35(33(40)44-30)20-31(38)34-16-15-23-5-3-4-6-24(23)19-34/h3-14,17-18H,15-16,19-20H2,1-2H3/b30-18-. The third-order valence-electron chi connectivity index (χ3n) is 7.79. The zero-order valence-corrected chi connectivity index (χ0v) is 25.7. The quantitative estimate of drug-likeness (QED) is 0.127. The lowest BCUT2D eigenvalue weighted by Gasteiger charge is -2.29. The van der Waals surface area contributed by atoms with Crippen molar-refractivity contribution in [1.29, 1.82) is 0 Å². The van der Waals surface area contributed by atoms with Crippen LogP contribution in [0.5, 0.6) is 0 Å². The van der Waals surface area contributed by atoms with Crippen molar-refractivity contribution in [2.75, 3.05) is 13.1 Å². The predicted molar refractivity (Wildman–Crippen MR) is 171 cm³/mol. The molecule has 3 amide bonds. The first kappa shape index (κ1) is 29.5. The van der Waals surface area contributed by atoms with Crippen LogP contribution in [-0.2, 0) is 22.6 Å². The van der Waals surface area contributed by atoms with E-state index in [9.17, 15) is 24.5 Å². The fraction of sp³-hybridized carbons (Fsp3) is 0.182. The van der Waals surface area contributed by atoms with Gasteiger partial charge in [-0.1, -0.05) is 36.0 Å². The molecule has 9 nitrogen and oxygen atoms in total. The summed E-state index contributed by atoms with van der Waals surface area (Å²) >= 11 is 2.37. The van der Waals surface area contributed by atoms with Gasteiger partial charge in [0.25, 0.3) is 16.8 Å². The molecular formula is C33H28N4O5S2. The van der Waals surface area contributed by atoms with Crippen molar-refractivity contribution in [2.24, 2.45) is 0 Å². The minimum absolute atomic E-state index is 0.0567. The van der Waals surface area contributed by atoms with Gasteiger partial charge in [0.05, 0.1) is 9.83 Å². The van der Waals surface area contributed by atoms with Gasteiger partial charge in [-0.3, -0.25) is 29.4 Å². The third kappa shape index (κ3) is 5.93. The van der Waals surface area contributed by atoms with Crippen LogP contribution in [0.1, 0.15) is 28.1 Å². The number of carbonyl (C=O) groups excluding carboxylic acids is 3. The monoisotopic (exact) mass is 624 g/mol. The summed E-state index contributed by atoms with van der Waals surface area (Å²) in [5.74, 6) is -0.695. The van der Waals surface area contributed by atoms with Crippen LogP contribution in [0.15, 0.2) is 93.6 Å². The maximum atomic E-state index is 13.3. The van der Waals surface area contributed by atoms with Crippen LogP contribution in [0.2, 0.25) is 0 Å². The van der Waals surface area contributed by atoms with E-state index in [-0.39, 0.29) is 18.1 Å². The van der Waals surface area contributed by atoms with Crippen molar-refractivity contribution in [3.63, 3.8) is 0 Å². The lowest BCUT2D eigenvalue weighted by Crippen LogP contribution is -2.44. The topological polar surface area (TPSA) is 106 Å². The van der Waals surface area contributed by atoms with E-state index < -0.39 is 16.1 Å². The second-order valence-electron chi connectivity index (χ2n) is 10.6. The van der Waals surface area contributed by atoms with Crippen LogP contribution < -0.4 is 0 Å². The fourth-order valence-corrected chi connectivity index (χ4v) is 7.13. The number of amides is 3. The molecule has 3 heterocycles. The summed E-state index contributed by atoms with van der Waals surface area (Å²) in [4.78, 5) is 54.5. The molecule has 3 aromatic carbocycles. The molecule has 1 saturated heterocycles. The van der Waals surface area contributed by atoms with E-state index in [1.54, 1.807) is 23.1 Å². The van der Waals surface area contributed by atoms with Crippen LogP contribution >= 0.6 is 23.5 Å². The lowest BCUT2D eigenvalue weighted by atomic mass is 10.00. The van der Waals surface area contributed by atoms with E-state index >= 15 is 0 Å². The highest BCUT2D eigenvalue weighted by Gasteiger charge is 2.37. The SMILES string of the molecule is Cc1cc(/C=C2\SC(=O)N(CC(=O)N3CCc4ccccc4C3)C2=O)c(C)n1-c1ccc(Sc2ccc([N+](=O)[O-])cc2)cc1. The number of hydrogen-bond acceptors (Lipinski definition) is 7. The maximum absolute atomic E-state index is 13.3. The second-order valence-corrected chi connectivity index (χ2v) is 12.8. The number of imide groups is 1. The summed E-state index contributed by atoms with van der Waals surface area (Å²) in [5.41, 5.74) is 6.00. The van der Waals surface area contributed by atoms with Crippen LogP contribution in [0.3, 0.4) is 0 Å². The van der Waals surface area contributed by atoms with E-state index in [1.807, 2.05) is 62.4 Å². The fourth-order valence-electron chi connectivity index (χ4n) is 5.49. The molecule has 0 N–H and O–H groups in total. The van der Waals surface area contributed by atoms with E-state index in [4.69, 9.17) is 0 Å². The Kier molecular flexibility index (Phi) is 8.15. The van der Waals surface area contributed by atoms with Gasteiger partial charge in [-0.15, -0.1) is 0 Å². The van der Waals surface area contributed by atoms with Gasteiger partial charge in [0.15, 0.2) is 0 Å². The summed E-state index contributed by atoms with van der Waals surface area (Å²) < 4.78 is 2.08. The highest BCUT2D eigenvalue weighted by molar-refractivity contribution is 8.18. The first-order chi connectivity index (χ1) is 21.2. The molecule has 0 atom stereocenters. The number of hydrogen-bond donors (Lipinski definition) is 0. The average molecular weight is 625 g/mol. The van der Waals surface area contributed by atoms with Gasteiger partial charge in [-0.25, -0.2) is 0 Å². The average Bonchev–Trinajstić information content (AvgIpc) is 3.45. The third-order valence-corrected chi connectivity index (χ3v) is 9.71. The summed E-state index contributed by atoms with van der Waals surface area (Å²) in [6.07, 6.45) is 2.48. The molecule has 44 heavy (non-hydrogen) atoms. The van der Waals surface area contributed by atoms with Crippen LogP contribution in [0, 0.1) is 24.0 Å². The summed E-state index contributed by atoms with van der Waals surface area (Å²) in [6.45, 7) is 4.70. The molecule has 0 spiro atoms. The van der Waals surface area contributed by atoms with Gasteiger partial charge in [-0.05, 0) is 97.3 Å². The van der Waals surface area contributed by atoms with E-state index in [0.29, 0.717) is 18.0 Å². The van der Waals surface area contributed by atoms with Gasteiger partial charge in [0.2, 0.25) is 5.91 Å². The van der Waals surface area contributed by atoms with Crippen molar-refractivity contribution in [3.05, 3.63) is 122 Å². The highest BCUT2D eigenvalue weighted by atomic mass is 32.2. The van der Waals surface area contributed by atoms with E-state index in [1.165, 1.54) is 29.5 Å². The Morgan fingerprint density at radius 3 is 2.32 bits per heavy atom. The Balaban J connectivity index is 1.14. The van der Waals surface area contributed by atoms with Gasteiger partial charge in [0, 0.05) is 52.1 Å².